The van der Waals surface area contributed by atoms with Gasteiger partial charge in [0.15, 0.2) is 0 Å². The van der Waals surface area contributed by atoms with Gasteiger partial charge in [-0.1, -0.05) is 64.8 Å². The predicted octanol–water partition coefficient (Wildman–Crippen LogP) is 4.96. The van der Waals surface area contributed by atoms with Crippen molar-refractivity contribution in [2.24, 2.45) is 0 Å². The molecule has 0 radical (unpaired) electrons. The zero-order valence-electron chi connectivity index (χ0n) is 15.1. The number of halogens is 1. The molecule has 2 aromatic heterocycles. The third-order valence-corrected chi connectivity index (χ3v) is 6.14. The standard InChI is InChI=1S/C22H15IN2O3S/c23-14-19-12-10-16(15-24-19)9-11-17-5-1-3-7-20(17)25-29(26,27)22-13-18-6-2-4-8-21(18)28-22/h1-8,10,12-13,15,25H,14H2. The van der Waals surface area contributed by atoms with Crippen molar-refractivity contribution in [2.45, 2.75) is 9.52 Å². The largest absolute Gasteiger partial charge is 0.443 e. The second-order valence-electron chi connectivity index (χ2n) is 6.18. The van der Waals surface area contributed by atoms with E-state index in [2.05, 4.69) is 44.1 Å². The first-order valence-electron chi connectivity index (χ1n) is 8.68. The number of pyridine rings is 1. The first-order valence-corrected chi connectivity index (χ1v) is 11.7. The van der Waals surface area contributed by atoms with Gasteiger partial charge in [-0.2, -0.15) is 8.42 Å². The molecule has 2 heterocycles. The average molecular weight is 514 g/mol. The number of nitrogens with one attached hydrogen (secondary N) is 1. The summed E-state index contributed by atoms with van der Waals surface area (Å²) in [5.41, 5.74) is 3.20. The molecular formula is C22H15IN2O3S. The second-order valence-corrected chi connectivity index (χ2v) is 8.55. The fourth-order valence-corrected chi connectivity index (χ4v) is 4.18. The number of para-hydroxylation sites is 2. The van der Waals surface area contributed by atoms with Gasteiger partial charge >= 0.3 is 0 Å². The van der Waals surface area contributed by atoms with Crippen LogP contribution in [-0.4, -0.2) is 13.4 Å². The number of hydrogen-bond donors (Lipinski definition) is 1. The van der Waals surface area contributed by atoms with Crippen LogP contribution in [0.4, 0.5) is 5.69 Å². The Kier molecular flexibility index (Phi) is 5.56. The molecule has 144 valence electrons. The van der Waals surface area contributed by atoms with Gasteiger partial charge in [0, 0.05) is 33.2 Å². The van der Waals surface area contributed by atoms with E-state index in [1.54, 1.807) is 48.7 Å². The summed E-state index contributed by atoms with van der Waals surface area (Å²) >= 11 is 2.25. The smallest absolute Gasteiger partial charge is 0.295 e. The minimum atomic E-state index is -3.89. The van der Waals surface area contributed by atoms with E-state index in [-0.39, 0.29) is 5.09 Å². The number of fused-ring (bicyclic) bond motifs is 1. The minimum Gasteiger partial charge on any atom is -0.443 e. The van der Waals surface area contributed by atoms with Crippen molar-refractivity contribution in [3.63, 3.8) is 0 Å². The van der Waals surface area contributed by atoms with Crippen LogP contribution in [0.5, 0.6) is 0 Å². The van der Waals surface area contributed by atoms with Crippen LogP contribution in [0.25, 0.3) is 11.0 Å². The van der Waals surface area contributed by atoms with Crippen molar-refractivity contribution in [2.75, 3.05) is 4.72 Å². The van der Waals surface area contributed by atoms with Gasteiger partial charge in [-0.15, -0.1) is 0 Å². The maximum absolute atomic E-state index is 12.8. The van der Waals surface area contributed by atoms with E-state index in [9.17, 15) is 8.42 Å². The molecule has 1 N–H and O–H groups in total. The lowest BCUT2D eigenvalue weighted by atomic mass is 10.1. The van der Waals surface area contributed by atoms with Crippen LogP contribution < -0.4 is 4.72 Å². The highest BCUT2D eigenvalue weighted by molar-refractivity contribution is 14.1. The molecule has 4 rings (SSSR count). The van der Waals surface area contributed by atoms with E-state index in [0.717, 1.165) is 21.1 Å². The average Bonchev–Trinajstić information content (AvgIpc) is 3.19. The normalized spacial score (nSPS) is 11.1. The molecule has 4 aromatic rings. The van der Waals surface area contributed by atoms with Crippen LogP contribution in [0.2, 0.25) is 0 Å². The number of benzene rings is 2. The number of alkyl halides is 1. The monoisotopic (exact) mass is 514 g/mol. The molecule has 0 fully saturated rings. The maximum Gasteiger partial charge on any atom is 0.295 e. The van der Waals surface area contributed by atoms with Gasteiger partial charge in [-0.05, 0) is 30.3 Å². The minimum absolute atomic E-state index is 0.139. The summed E-state index contributed by atoms with van der Waals surface area (Å²) in [7, 11) is -3.89. The molecule has 0 bridgehead atoms. The van der Waals surface area contributed by atoms with Crippen LogP contribution in [0.1, 0.15) is 16.8 Å². The van der Waals surface area contributed by atoms with Gasteiger partial charge < -0.3 is 4.42 Å². The van der Waals surface area contributed by atoms with Crippen LogP contribution in [-0.2, 0) is 14.5 Å². The number of furan rings is 1. The molecule has 7 heteroatoms. The maximum atomic E-state index is 12.8. The van der Waals surface area contributed by atoms with Crippen LogP contribution in [0, 0.1) is 11.8 Å². The molecule has 0 saturated carbocycles. The number of anilines is 1. The molecular weight excluding hydrogens is 499 g/mol. The Labute approximate surface area is 182 Å². The summed E-state index contributed by atoms with van der Waals surface area (Å²) in [6.07, 6.45) is 1.71. The fourth-order valence-electron chi connectivity index (χ4n) is 2.68. The van der Waals surface area contributed by atoms with Crippen molar-refractivity contribution in [1.82, 2.24) is 4.98 Å². The molecule has 0 unspecified atom stereocenters. The summed E-state index contributed by atoms with van der Waals surface area (Å²) in [6, 6.07) is 19.5. The molecule has 5 nitrogen and oxygen atoms in total. The lowest BCUT2D eigenvalue weighted by molar-refractivity contribution is 0.484. The fraction of sp³-hybridized carbons (Fsp3) is 0.0455. The molecule has 0 aliphatic carbocycles. The van der Waals surface area contributed by atoms with Gasteiger partial charge in [0.25, 0.3) is 10.0 Å². The Morgan fingerprint density at radius 1 is 1.00 bits per heavy atom. The van der Waals surface area contributed by atoms with E-state index in [1.807, 2.05) is 18.2 Å². The molecule has 0 amide bonds. The molecule has 0 saturated heterocycles. The topological polar surface area (TPSA) is 72.2 Å². The third kappa shape index (κ3) is 4.44. The van der Waals surface area contributed by atoms with Crippen LogP contribution >= 0.6 is 22.6 Å². The van der Waals surface area contributed by atoms with Crippen molar-refractivity contribution in [3.05, 3.63) is 89.7 Å². The van der Waals surface area contributed by atoms with Crippen molar-refractivity contribution in [1.29, 1.82) is 0 Å². The van der Waals surface area contributed by atoms with E-state index < -0.39 is 10.0 Å². The third-order valence-electron chi connectivity index (χ3n) is 4.14. The first kappa shape index (κ1) is 19.5. The summed E-state index contributed by atoms with van der Waals surface area (Å²) in [5, 5.41) is 0.587. The number of hydrogen-bond acceptors (Lipinski definition) is 4. The lowest BCUT2D eigenvalue weighted by Crippen LogP contribution is -2.13. The quantitative estimate of drug-likeness (QED) is 0.237. The molecule has 2 aromatic carbocycles. The molecule has 0 aliphatic heterocycles. The Balaban J connectivity index is 1.63. The Bertz CT molecular complexity index is 1300. The highest BCUT2D eigenvalue weighted by Crippen LogP contribution is 2.25. The zero-order chi connectivity index (χ0) is 20.3. The molecule has 29 heavy (non-hydrogen) atoms. The van der Waals surface area contributed by atoms with E-state index in [4.69, 9.17) is 4.42 Å². The van der Waals surface area contributed by atoms with Crippen molar-refractivity contribution >= 4 is 49.3 Å². The molecule has 0 atom stereocenters. The summed E-state index contributed by atoms with van der Waals surface area (Å²) in [6.45, 7) is 0. The summed E-state index contributed by atoms with van der Waals surface area (Å²) in [4.78, 5) is 4.32. The zero-order valence-corrected chi connectivity index (χ0v) is 18.1. The second kappa shape index (κ2) is 8.27. The van der Waals surface area contributed by atoms with Gasteiger partial charge in [-0.25, -0.2) is 0 Å². The van der Waals surface area contributed by atoms with Crippen LogP contribution in [0.15, 0.2) is 82.4 Å². The van der Waals surface area contributed by atoms with Crippen LogP contribution in [0.3, 0.4) is 0 Å². The highest BCUT2D eigenvalue weighted by Gasteiger charge is 2.20. The van der Waals surface area contributed by atoms with Gasteiger partial charge in [0.1, 0.15) is 5.58 Å². The summed E-state index contributed by atoms with van der Waals surface area (Å²) < 4.78 is 34.5. The Morgan fingerprint density at radius 3 is 2.55 bits per heavy atom. The first-order chi connectivity index (χ1) is 14.0. The number of aromatic nitrogens is 1. The van der Waals surface area contributed by atoms with Crippen molar-refractivity contribution in [3.8, 4) is 11.8 Å². The Hall–Kier alpha value is -2.83. The highest BCUT2D eigenvalue weighted by atomic mass is 127. The van der Waals surface area contributed by atoms with Gasteiger partial charge in [0.05, 0.1) is 11.4 Å². The number of rotatable bonds is 4. The van der Waals surface area contributed by atoms with E-state index in [1.165, 1.54) is 6.07 Å². The summed E-state index contributed by atoms with van der Waals surface area (Å²) in [5.74, 6) is 6.04. The lowest BCUT2D eigenvalue weighted by Gasteiger charge is -2.07. The van der Waals surface area contributed by atoms with Gasteiger partial charge in [0.2, 0.25) is 5.09 Å². The number of sulfonamides is 1. The SMILES string of the molecule is O=S(=O)(Nc1ccccc1C#Cc1ccc(CI)nc1)c1cc2ccccc2o1. The van der Waals surface area contributed by atoms with E-state index in [0.29, 0.717) is 16.8 Å². The Morgan fingerprint density at radius 2 is 1.79 bits per heavy atom. The molecule has 0 aliphatic rings. The van der Waals surface area contributed by atoms with Crippen molar-refractivity contribution < 1.29 is 12.8 Å². The molecule has 0 spiro atoms. The predicted molar refractivity (Wildman–Crippen MR) is 121 cm³/mol. The number of nitrogens with zero attached hydrogens (tertiary/aromatic N) is 1. The van der Waals surface area contributed by atoms with Gasteiger partial charge in [-0.3, -0.25) is 9.71 Å². The van der Waals surface area contributed by atoms with E-state index >= 15 is 0 Å².